The van der Waals surface area contributed by atoms with Crippen molar-refractivity contribution in [3.63, 3.8) is 0 Å². The highest BCUT2D eigenvalue weighted by molar-refractivity contribution is 5.95. The molecule has 4 atom stereocenters. The highest BCUT2D eigenvalue weighted by Crippen LogP contribution is 2.27. The van der Waals surface area contributed by atoms with Crippen molar-refractivity contribution in [1.29, 1.82) is 0 Å². The third kappa shape index (κ3) is 19.3. The van der Waals surface area contributed by atoms with Gasteiger partial charge in [0.05, 0.1) is 19.4 Å². The fourth-order valence-corrected chi connectivity index (χ4v) is 5.47. The molecule has 0 aliphatic heterocycles. The minimum Gasteiger partial charge on any atom is -0.481 e. The van der Waals surface area contributed by atoms with Crippen LogP contribution in [0.1, 0.15) is 110 Å². The summed E-state index contributed by atoms with van der Waals surface area (Å²) in [5, 5.41) is 24.2. The van der Waals surface area contributed by atoms with Crippen LogP contribution in [0, 0.1) is 17.8 Å². The summed E-state index contributed by atoms with van der Waals surface area (Å²) in [6, 6.07) is 5.36. The summed E-state index contributed by atoms with van der Waals surface area (Å²) in [5.41, 5.74) is -2.44. The number of rotatable bonds is 27. The molecule has 3 N–H and O–H groups in total. The zero-order chi connectivity index (χ0) is 41.2. The van der Waals surface area contributed by atoms with Crippen LogP contribution >= 0.6 is 0 Å². The first kappa shape index (κ1) is 48.1. The number of carboxylic acids is 1. The van der Waals surface area contributed by atoms with E-state index in [4.69, 9.17) is 18.9 Å². The topological polar surface area (TPSA) is 195 Å². The summed E-state index contributed by atoms with van der Waals surface area (Å²) in [4.78, 5) is 77.3. The number of benzene rings is 1. The molecule has 1 rings (SSSR count). The van der Waals surface area contributed by atoms with E-state index in [9.17, 15) is 39.0 Å². The van der Waals surface area contributed by atoms with Gasteiger partial charge in [-0.2, -0.15) is 0 Å². The lowest BCUT2D eigenvalue weighted by Crippen LogP contribution is -2.55. The van der Waals surface area contributed by atoms with Gasteiger partial charge in [-0.05, 0) is 50.3 Å². The maximum atomic E-state index is 13.9. The maximum Gasteiger partial charge on any atom is 0.412 e. The van der Waals surface area contributed by atoms with Gasteiger partial charge in [0.15, 0.2) is 5.60 Å². The van der Waals surface area contributed by atoms with Gasteiger partial charge in [-0.3, -0.25) is 14.4 Å². The first-order valence-corrected chi connectivity index (χ1v) is 18.9. The van der Waals surface area contributed by atoms with Crippen molar-refractivity contribution in [2.75, 3.05) is 27.8 Å². The molecule has 14 heteroatoms. The van der Waals surface area contributed by atoms with Crippen molar-refractivity contribution in [1.82, 2.24) is 10.2 Å². The number of carbonyl (C=O) groups is 6. The van der Waals surface area contributed by atoms with Crippen LogP contribution in [0.4, 0.5) is 4.79 Å². The Balaban J connectivity index is 3.13. The Morgan fingerprint density at radius 3 is 2.11 bits per heavy atom. The molecule has 1 aromatic rings. The molecule has 1 aromatic carbocycles. The minimum absolute atomic E-state index is 0.0620. The second-order valence-electron chi connectivity index (χ2n) is 13.5. The summed E-state index contributed by atoms with van der Waals surface area (Å²) in [6.45, 7) is 5.25. The van der Waals surface area contributed by atoms with Gasteiger partial charge in [0, 0.05) is 40.3 Å². The largest absolute Gasteiger partial charge is 0.481 e. The molecule has 306 valence electrons. The first-order chi connectivity index (χ1) is 26.2. The Bertz CT molecular complexity index is 1460. The van der Waals surface area contributed by atoms with E-state index in [1.165, 1.54) is 39.6 Å². The van der Waals surface area contributed by atoms with Crippen molar-refractivity contribution in [3.05, 3.63) is 42.0 Å². The van der Waals surface area contributed by atoms with E-state index in [1.807, 2.05) is 0 Å². The molecule has 14 nitrogen and oxygen atoms in total. The van der Waals surface area contributed by atoms with Gasteiger partial charge in [0.2, 0.25) is 12.2 Å². The number of nitrogens with one attached hydrogen (secondary N) is 1. The Hall–Kier alpha value is -4.90. The fraction of sp³-hybridized carbons (Fsp3) is 0.610. The standard InChI is InChI=1S/C41H60N2O12/c1-7-9-11-14-17-20-32(44)21-18-15-12-13-16-19-22-34(41(51,39(48)49)29-36(45)54-30(3)55-40(50)43(4)5)37(46)42-35(38(47)52-6)28-31-23-25-33(26-24-31)53-27-10-8-2/h19,22-26,30,34-35,51H,7,9,11-18,20-21,27-29H2,1-6H3,(H,42,46)(H,48,49)/b22-19+/t30?,34-,35+,41+/m1/s1. The number of aliphatic carboxylic acids is 1. The predicted molar refractivity (Wildman–Crippen MR) is 205 cm³/mol. The zero-order valence-corrected chi connectivity index (χ0v) is 33.2. The number of methoxy groups -OCH3 is 1. The zero-order valence-electron chi connectivity index (χ0n) is 33.2. The molecule has 1 unspecified atom stereocenters. The molecule has 2 amide bonds. The maximum absolute atomic E-state index is 13.9. The number of aliphatic hydroxyl groups is 1. The Morgan fingerprint density at radius 1 is 0.927 bits per heavy atom. The van der Waals surface area contributed by atoms with Crippen molar-refractivity contribution < 1.29 is 57.9 Å². The van der Waals surface area contributed by atoms with E-state index in [1.54, 1.807) is 31.2 Å². The van der Waals surface area contributed by atoms with E-state index in [2.05, 4.69) is 24.1 Å². The molecule has 0 heterocycles. The average molecular weight is 773 g/mol. The third-order valence-corrected chi connectivity index (χ3v) is 8.63. The van der Waals surface area contributed by atoms with Gasteiger partial charge in [-0.1, -0.05) is 75.7 Å². The van der Waals surface area contributed by atoms with Crippen LogP contribution in [-0.2, 0) is 44.6 Å². The molecule has 0 bridgehead atoms. The predicted octanol–water partition coefficient (Wildman–Crippen LogP) is 5.52. The summed E-state index contributed by atoms with van der Waals surface area (Å²) < 4.78 is 20.4. The number of carbonyl (C=O) groups excluding carboxylic acids is 5. The normalized spacial score (nSPS) is 13.6. The summed E-state index contributed by atoms with van der Waals surface area (Å²) in [6.07, 6.45) is 9.14. The molecule has 0 aromatic heterocycles. The monoisotopic (exact) mass is 772 g/mol. The van der Waals surface area contributed by atoms with Crippen molar-refractivity contribution in [3.8, 4) is 17.6 Å². The van der Waals surface area contributed by atoms with E-state index in [0.29, 0.717) is 37.0 Å². The molecule has 0 aliphatic carbocycles. The average Bonchev–Trinajstić information content (AvgIpc) is 3.13. The van der Waals surface area contributed by atoms with Crippen LogP contribution in [-0.4, -0.2) is 96.5 Å². The number of hydrogen-bond donors (Lipinski definition) is 3. The Labute approximate surface area is 325 Å². The van der Waals surface area contributed by atoms with Crippen LogP contribution < -0.4 is 10.1 Å². The van der Waals surface area contributed by atoms with E-state index < -0.39 is 60.2 Å². The van der Waals surface area contributed by atoms with E-state index in [0.717, 1.165) is 57.0 Å². The highest BCUT2D eigenvalue weighted by atomic mass is 16.7. The summed E-state index contributed by atoms with van der Waals surface area (Å²) in [5.74, 6) is -0.648. The molecule has 55 heavy (non-hydrogen) atoms. The van der Waals surface area contributed by atoms with Crippen LogP contribution in [0.5, 0.6) is 5.75 Å². The highest BCUT2D eigenvalue weighted by Gasteiger charge is 2.50. The van der Waals surface area contributed by atoms with Gasteiger partial charge in [0.1, 0.15) is 24.2 Å². The molecule has 0 radical (unpaired) electrons. The lowest BCUT2D eigenvalue weighted by molar-refractivity contribution is -0.182. The Morgan fingerprint density at radius 2 is 1.55 bits per heavy atom. The smallest absolute Gasteiger partial charge is 0.412 e. The van der Waals surface area contributed by atoms with E-state index >= 15 is 0 Å². The van der Waals surface area contributed by atoms with Crippen molar-refractivity contribution in [2.24, 2.45) is 5.92 Å². The van der Waals surface area contributed by atoms with Crippen LogP contribution in [0.15, 0.2) is 36.4 Å². The molecule has 0 saturated carbocycles. The van der Waals surface area contributed by atoms with Crippen molar-refractivity contribution >= 4 is 35.7 Å². The molecule has 0 fully saturated rings. The number of amides is 2. The lowest BCUT2D eigenvalue weighted by Gasteiger charge is -2.30. The first-order valence-electron chi connectivity index (χ1n) is 18.9. The molecule has 0 aliphatic rings. The van der Waals surface area contributed by atoms with Crippen molar-refractivity contribution in [2.45, 2.75) is 129 Å². The van der Waals surface area contributed by atoms with Gasteiger partial charge < -0.3 is 39.4 Å². The number of unbranched alkanes of at least 4 members (excludes halogenated alkanes) is 8. The quantitative estimate of drug-likeness (QED) is 0.0334. The number of ketones is 1. The number of carboxylic acid groups (broad SMARTS) is 1. The molecule has 0 spiro atoms. The van der Waals surface area contributed by atoms with Gasteiger partial charge in [-0.15, -0.1) is 5.92 Å². The van der Waals surface area contributed by atoms with Gasteiger partial charge in [-0.25, -0.2) is 14.4 Å². The number of esters is 2. The lowest BCUT2D eigenvalue weighted by atomic mass is 9.82. The fourth-order valence-electron chi connectivity index (χ4n) is 5.47. The number of nitrogens with zero attached hydrogens (tertiary/aromatic N) is 1. The SMILES string of the molecule is CC#CCOc1ccc(C[C@H](NC(=O)[C@@H](/C=C/CCCCCCC(=O)CCCCCCC)[C@@](O)(CC(=O)OC(C)OC(=O)N(C)C)C(=O)O)C(=O)OC)cc1. The molecular formula is C41H60N2O12. The molecular weight excluding hydrogens is 712 g/mol. The number of Topliss-reactive ketones (excluding diaryl/α,β-unsaturated/α-hetero) is 1. The molecule has 0 saturated heterocycles. The minimum atomic E-state index is -3.04. The van der Waals surface area contributed by atoms with Gasteiger partial charge >= 0.3 is 24.0 Å². The van der Waals surface area contributed by atoms with E-state index in [-0.39, 0.29) is 18.8 Å². The van der Waals surface area contributed by atoms with Gasteiger partial charge in [0.25, 0.3) is 0 Å². The van der Waals surface area contributed by atoms with Crippen LogP contribution in [0.2, 0.25) is 0 Å². The second kappa shape index (κ2) is 26.8. The van der Waals surface area contributed by atoms with Crippen LogP contribution in [0.25, 0.3) is 0 Å². The summed E-state index contributed by atoms with van der Waals surface area (Å²) >= 11 is 0. The number of allylic oxidation sites excluding steroid dienone is 1. The second-order valence-corrected chi connectivity index (χ2v) is 13.5. The number of ether oxygens (including phenoxy) is 4. The third-order valence-electron chi connectivity index (χ3n) is 8.63. The number of hydrogen-bond acceptors (Lipinski definition) is 11. The Kier molecular flexibility index (Phi) is 23.5. The van der Waals surface area contributed by atoms with Crippen LogP contribution in [0.3, 0.4) is 0 Å². The summed E-state index contributed by atoms with van der Waals surface area (Å²) in [7, 11) is 3.94.